The maximum Gasteiger partial charge on any atom is 0.511 e. The first-order valence-electron chi connectivity index (χ1n) is 10.2. The van der Waals surface area contributed by atoms with Crippen molar-refractivity contribution in [2.24, 2.45) is 0 Å². The van der Waals surface area contributed by atoms with Crippen molar-refractivity contribution in [3.63, 3.8) is 0 Å². The molecule has 1 amide bonds. The van der Waals surface area contributed by atoms with Gasteiger partial charge in [0.15, 0.2) is 0 Å². The number of aromatic nitrogens is 2. The van der Waals surface area contributed by atoms with E-state index in [1.165, 1.54) is 23.5 Å². The number of alkyl halides is 3. The standard InChI is InChI=1S/C22H21F3N4O3S/c23-22(24,25)33(31,32)28-13-17-8-4-5-9-20(17)29(21(30)19-12-26-15-27-19)18(14-28)11-10-16-6-2-1-3-7-16/h1-9,12,15,18H,10-11,13-14H2,(H,26,27). The van der Waals surface area contributed by atoms with Crippen LogP contribution in [0.4, 0.5) is 18.9 Å². The first-order chi connectivity index (χ1) is 15.7. The summed E-state index contributed by atoms with van der Waals surface area (Å²) < 4.78 is 65.6. The lowest BCUT2D eigenvalue weighted by Gasteiger charge is -2.32. The van der Waals surface area contributed by atoms with E-state index < -0.39 is 40.6 Å². The summed E-state index contributed by atoms with van der Waals surface area (Å²) in [5.41, 5.74) is -3.69. The van der Waals surface area contributed by atoms with E-state index in [4.69, 9.17) is 0 Å². The Kier molecular flexibility index (Phi) is 6.26. The zero-order valence-corrected chi connectivity index (χ0v) is 18.2. The Morgan fingerprint density at radius 3 is 2.45 bits per heavy atom. The summed E-state index contributed by atoms with van der Waals surface area (Å²) in [7, 11) is -5.61. The number of halogens is 3. The molecule has 0 spiro atoms. The minimum atomic E-state index is -5.61. The summed E-state index contributed by atoms with van der Waals surface area (Å²) in [4.78, 5) is 21.4. The summed E-state index contributed by atoms with van der Waals surface area (Å²) in [5, 5.41) is 0. The molecule has 0 aliphatic carbocycles. The molecule has 2 heterocycles. The fourth-order valence-corrected chi connectivity index (χ4v) is 4.92. The van der Waals surface area contributed by atoms with Crippen molar-refractivity contribution >= 4 is 21.6 Å². The van der Waals surface area contributed by atoms with Crippen LogP contribution in [-0.2, 0) is 23.0 Å². The minimum absolute atomic E-state index is 0.154. The summed E-state index contributed by atoms with van der Waals surface area (Å²) in [5.74, 6) is -0.496. The number of benzene rings is 2. The fourth-order valence-electron chi connectivity index (χ4n) is 3.95. The molecule has 0 saturated carbocycles. The summed E-state index contributed by atoms with van der Waals surface area (Å²) in [6.45, 7) is -0.990. The third-order valence-corrected chi connectivity index (χ3v) is 7.11. The number of H-pyrrole nitrogens is 1. The van der Waals surface area contributed by atoms with Crippen molar-refractivity contribution in [1.29, 1.82) is 0 Å². The van der Waals surface area contributed by atoms with E-state index in [2.05, 4.69) is 9.97 Å². The van der Waals surface area contributed by atoms with Gasteiger partial charge in [-0.1, -0.05) is 48.5 Å². The number of hydrogen-bond donors (Lipinski definition) is 1. The van der Waals surface area contributed by atoms with Crippen molar-refractivity contribution in [2.75, 3.05) is 11.4 Å². The Balaban J connectivity index is 1.79. The molecule has 2 aromatic carbocycles. The SMILES string of the molecule is O=C(c1cnc[nH]1)N1c2ccccc2CN(S(=O)(=O)C(F)(F)F)CC1CCc1ccccc1. The number of hydrogen-bond acceptors (Lipinski definition) is 4. The first-order valence-corrected chi connectivity index (χ1v) is 11.6. The Hall–Kier alpha value is -3.18. The van der Waals surface area contributed by atoms with E-state index in [9.17, 15) is 26.4 Å². The number of anilines is 1. The predicted octanol–water partition coefficient (Wildman–Crippen LogP) is 3.72. The molecule has 0 fully saturated rings. The van der Waals surface area contributed by atoms with Crippen molar-refractivity contribution in [2.45, 2.75) is 30.9 Å². The van der Waals surface area contributed by atoms with Crippen LogP contribution in [-0.4, -0.2) is 46.7 Å². The van der Waals surface area contributed by atoms with Crippen LogP contribution in [0.25, 0.3) is 0 Å². The molecule has 174 valence electrons. The highest BCUT2D eigenvalue weighted by Crippen LogP contribution is 2.35. The van der Waals surface area contributed by atoms with Gasteiger partial charge in [-0.25, -0.2) is 13.4 Å². The van der Waals surface area contributed by atoms with Crippen LogP contribution < -0.4 is 4.90 Å². The zero-order valence-electron chi connectivity index (χ0n) is 17.4. The van der Waals surface area contributed by atoms with Gasteiger partial charge in [-0.3, -0.25) is 4.79 Å². The van der Waals surface area contributed by atoms with Crippen LogP contribution in [0.1, 0.15) is 28.0 Å². The van der Waals surface area contributed by atoms with Gasteiger partial charge in [-0.2, -0.15) is 17.5 Å². The number of fused-ring (bicyclic) bond motifs is 1. The molecule has 33 heavy (non-hydrogen) atoms. The molecule has 0 saturated heterocycles. The van der Waals surface area contributed by atoms with Crippen LogP contribution in [0.15, 0.2) is 67.1 Å². The van der Waals surface area contributed by atoms with E-state index in [0.717, 1.165) is 5.56 Å². The molecule has 1 aliphatic heterocycles. The molecule has 3 aromatic rings. The second-order valence-electron chi connectivity index (χ2n) is 7.69. The fraction of sp³-hybridized carbons (Fsp3) is 0.273. The van der Waals surface area contributed by atoms with Gasteiger partial charge in [0.2, 0.25) is 0 Å². The van der Waals surface area contributed by atoms with Gasteiger partial charge in [0, 0.05) is 18.8 Å². The molecule has 11 heteroatoms. The highest BCUT2D eigenvalue weighted by atomic mass is 32.2. The smallest absolute Gasteiger partial charge is 0.341 e. The van der Waals surface area contributed by atoms with E-state index in [1.54, 1.807) is 18.2 Å². The van der Waals surface area contributed by atoms with Crippen LogP contribution in [0, 0.1) is 0 Å². The molecule has 1 N–H and O–H groups in total. The Labute approximate surface area is 188 Å². The monoisotopic (exact) mass is 478 g/mol. The largest absolute Gasteiger partial charge is 0.511 e. The average Bonchev–Trinajstić information content (AvgIpc) is 3.26. The van der Waals surface area contributed by atoms with Gasteiger partial charge in [0.1, 0.15) is 5.69 Å². The molecule has 0 bridgehead atoms. The predicted molar refractivity (Wildman–Crippen MR) is 116 cm³/mol. The molecule has 1 aromatic heterocycles. The maximum absolute atomic E-state index is 13.5. The second-order valence-corrected chi connectivity index (χ2v) is 9.62. The Bertz CT molecular complexity index is 1220. The quantitative estimate of drug-likeness (QED) is 0.606. The molecule has 7 nitrogen and oxygen atoms in total. The summed E-state index contributed by atoms with van der Waals surface area (Å²) in [6.07, 6.45) is 3.35. The van der Waals surface area contributed by atoms with Crippen molar-refractivity contribution in [3.05, 3.63) is 83.9 Å². The Morgan fingerprint density at radius 1 is 1.09 bits per heavy atom. The molecule has 1 atom stereocenters. The Morgan fingerprint density at radius 2 is 1.79 bits per heavy atom. The summed E-state index contributed by atoms with van der Waals surface area (Å²) >= 11 is 0. The number of rotatable bonds is 5. The third kappa shape index (κ3) is 4.64. The highest BCUT2D eigenvalue weighted by molar-refractivity contribution is 7.89. The van der Waals surface area contributed by atoms with Crippen LogP contribution in [0.2, 0.25) is 0 Å². The number of aromatic amines is 1. The number of aryl methyl sites for hydroxylation is 1. The number of imidazole rings is 1. The van der Waals surface area contributed by atoms with Crippen LogP contribution >= 0.6 is 0 Å². The van der Waals surface area contributed by atoms with Crippen LogP contribution in [0.3, 0.4) is 0 Å². The van der Waals surface area contributed by atoms with Crippen molar-refractivity contribution < 1.29 is 26.4 Å². The number of amides is 1. The average molecular weight is 478 g/mol. The van der Waals surface area contributed by atoms with E-state index in [1.807, 2.05) is 30.3 Å². The zero-order chi connectivity index (χ0) is 23.6. The van der Waals surface area contributed by atoms with Gasteiger partial charge in [-0.05, 0) is 30.0 Å². The van der Waals surface area contributed by atoms with Crippen molar-refractivity contribution in [1.82, 2.24) is 14.3 Å². The molecule has 1 unspecified atom stereocenters. The number of carbonyl (C=O) groups excluding carboxylic acids is 1. The molecular formula is C22H21F3N4O3S. The maximum atomic E-state index is 13.5. The number of nitrogens with zero attached hydrogens (tertiary/aromatic N) is 3. The lowest BCUT2D eigenvalue weighted by atomic mass is 10.0. The molecule has 0 radical (unpaired) electrons. The molecule has 1 aliphatic rings. The number of para-hydroxylation sites is 1. The van der Waals surface area contributed by atoms with Crippen LogP contribution in [0.5, 0.6) is 0 Å². The van der Waals surface area contributed by atoms with E-state index >= 15 is 0 Å². The third-order valence-electron chi connectivity index (χ3n) is 5.57. The minimum Gasteiger partial charge on any atom is -0.341 e. The molecule has 4 rings (SSSR count). The van der Waals surface area contributed by atoms with Gasteiger partial charge in [0.05, 0.1) is 18.6 Å². The molecular weight excluding hydrogens is 457 g/mol. The van der Waals surface area contributed by atoms with Gasteiger partial charge in [-0.15, -0.1) is 0 Å². The highest BCUT2D eigenvalue weighted by Gasteiger charge is 2.51. The van der Waals surface area contributed by atoms with E-state index in [-0.39, 0.29) is 12.1 Å². The van der Waals surface area contributed by atoms with Gasteiger partial charge < -0.3 is 9.88 Å². The number of nitrogens with one attached hydrogen (secondary N) is 1. The lowest BCUT2D eigenvalue weighted by Crippen LogP contribution is -2.49. The summed E-state index contributed by atoms with van der Waals surface area (Å²) in [6, 6.07) is 14.8. The normalized spacial score (nSPS) is 17.4. The number of sulfonamides is 1. The first kappa shape index (κ1) is 23.0. The lowest BCUT2D eigenvalue weighted by molar-refractivity contribution is -0.0492. The van der Waals surface area contributed by atoms with Gasteiger partial charge in [0.25, 0.3) is 5.91 Å². The van der Waals surface area contributed by atoms with Crippen molar-refractivity contribution in [3.8, 4) is 0 Å². The second kappa shape index (κ2) is 8.99. The van der Waals surface area contributed by atoms with E-state index in [0.29, 0.717) is 22.0 Å². The van der Waals surface area contributed by atoms with Gasteiger partial charge >= 0.3 is 15.5 Å². The number of carbonyl (C=O) groups is 1. The topological polar surface area (TPSA) is 86.4 Å².